The van der Waals surface area contributed by atoms with Crippen LogP contribution in [0.3, 0.4) is 0 Å². The number of aryl methyl sites for hydroxylation is 2. The molecule has 1 heteroatoms. The summed E-state index contributed by atoms with van der Waals surface area (Å²) in [6.45, 7) is 4.17. The largest absolute Gasteiger partial charge is 0.206 e. The van der Waals surface area contributed by atoms with Crippen molar-refractivity contribution in [2.75, 3.05) is 0 Å². The molecule has 0 aliphatic rings. The van der Waals surface area contributed by atoms with Gasteiger partial charge in [-0.25, -0.2) is 4.39 Å². The molecule has 0 radical (unpaired) electrons. The lowest BCUT2D eigenvalue weighted by atomic mass is 10.1. The Morgan fingerprint density at radius 1 is 0.808 bits per heavy atom. The van der Waals surface area contributed by atoms with E-state index in [0.717, 1.165) is 17.5 Å². The standard InChI is InChI=1S/C25H21F/c1-3-20-8-10-22(11-9-20)14-16-24-17-15-23(18-25(24)26)13-12-21-6-4-19(2)5-7-21/h4-11,14-18H,3H2,1-2H3. The summed E-state index contributed by atoms with van der Waals surface area (Å²) >= 11 is 0. The van der Waals surface area contributed by atoms with Crippen molar-refractivity contribution < 1.29 is 4.39 Å². The first-order valence-corrected chi connectivity index (χ1v) is 8.79. The molecule has 0 aliphatic heterocycles. The van der Waals surface area contributed by atoms with Crippen LogP contribution in [-0.2, 0) is 6.42 Å². The van der Waals surface area contributed by atoms with Gasteiger partial charge in [-0.1, -0.05) is 78.9 Å². The van der Waals surface area contributed by atoms with Crippen molar-refractivity contribution in [3.8, 4) is 11.8 Å². The average molecular weight is 340 g/mol. The summed E-state index contributed by atoms with van der Waals surface area (Å²) < 4.78 is 14.3. The van der Waals surface area contributed by atoms with Gasteiger partial charge in [0.25, 0.3) is 0 Å². The molecule has 0 aliphatic carbocycles. The molecule has 0 fully saturated rings. The first-order chi connectivity index (χ1) is 12.6. The van der Waals surface area contributed by atoms with Gasteiger partial charge >= 0.3 is 0 Å². The molecule has 0 heterocycles. The molecule has 0 spiro atoms. The van der Waals surface area contributed by atoms with E-state index in [9.17, 15) is 4.39 Å². The predicted octanol–water partition coefficient (Wildman–Crippen LogP) is 6.27. The summed E-state index contributed by atoms with van der Waals surface area (Å²) in [5.41, 5.74) is 5.71. The first kappa shape index (κ1) is 17.7. The fourth-order valence-corrected chi connectivity index (χ4v) is 2.57. The van der Waals surface area contributed by atoms with Crippen molar-refractivity contribution in [3.05, 3.63) is 106 Å². The van der Waals surface area contributed by atoms with E-state index in [4.69, 9.17) is 0 Å². The Morgan fingerprint density at radius 3 is 2.12 bits per heavy atom. The molecule has 26 heavy (non-hydrogen) atoms. The number of halogens is 1. The zero-order valence-corrected chi connectivity index (χ0v) is 15.1. The van der Waals surface area contributed by atoms with Crippen LogP contribution in [0.2, 0.25) is 0 Å². The Kier molecular flexibility index (Phi) is 5.66. The number of hydrogen-bond donors (Lipinski definition) is 0. The molecule has 0 N–H and O–H groups in total. The fourth-order valence-electron chi connectivity index (χ4n) is 2.57. The van der Waals surface area contributed by atoms with Crippen LogP contribution in [0, 0.1) is 24.6 Å². The molecule has 0 saturated heterocycles. The smallest absolute Gasteiger partial charge is 0.131 e. The Balaban J connectivity index is 1.74. The molecular weight excluding hydrogens is 319 g/mol. The third-order valence-electron chi connectivity index (χ3n) is 4.25. The summed E-state index contributed by atoms with van der Waals surface area (Å²) in [5, 5.41) is 0. The number of hydrogen-bond acceptors (Lipinski definition) is 0. The molecule has 0 atom stereocenters. The summed E-state index contributed by atoms with van der Waals surface area (Å²) in [6, 6.07) is 21.4. The highest BCUT2D eigenvalue weighted by Crippen LogP contribution is 2.15. The Hall–Kier alpha value is -3.11. The third-order valence-corrected chi connectivity index (χ3v) is 4.25. The highest BCUT2D eigenvalue weighted by Gasteiger charge is 2.00. The van der Waals surface area contributed by atoms with Crippen molar-refractivity contribution in [2.45, 2.75) is 20.3 Å². The van der Waals surface area contributed by atoms with Crippen LogP contribution in [0.4, 0.5) is 4.39 Å². The van der Waals surface area contributed by atoms with E-state index in [1.54, 1.807) is 12.1 Å². The van der Waals surface area contributed by atoms with Crippen LogP contribution < -0.4 is 0 Å². The van der Waals surface area contributed by atoms with Gasteiger partial charge in [-0.2, -0.15) is 0 Å². The minimum absolute atomic E-state index is 0.262. The van der Waals surface area contributed by atoms with E-state index in [0.29, 0.717) is 11.1 Å². The number of rotatable bonds is 3. The molecule has 0 unspecified atom stereocenters. The molecule has 3 aromatic carbocycles. The summed E-state index contributed by atoms with van der Waals surface area (Å²) in [7, 11) is 0. The molecule has 128 valence electrons. The third kappa shape index (κ3) is 4.71. The zero-order valence-electron chi connectivity index (χ0n) is 15.1. The van der Waals surface area contributed by atoms with Crippen molar-refractivity contribution in [2.24, 2.45) is 0 Å². The van der Waals surface area contributed by atoms with Crippen molar-refractivity contribution >= 4 is 12.2 Å². The van der Waals surface area contributed by atoms with Gasteiger partial charge in [-0.05, 0) is 48.7 Å². The van der Waals surface area contributed by atoms with Gasteiger partial charge in [-0.15, -0.1) is 0 Å². The molecular formula is C25H21F. The second kappa shape index (κ2) is 8.32. The average Bonchev–Trinajstić information content (AvgIpc) is 2.67. The Labute approximate surface area is 155 Å². The SMILES string of the molecule is CCc1ccc(C=Cc2ccc(C#Cc3ccc(C)cc3)cc2F)cc1. The number of benzene rings is 3. The second-order valence-electron chi connectivity index (χ2n) is 6.28. The van der Waals surface area contributed by atoms with Crippen molar-refractivity contribution in [3.63, 3.8) is 0 Å². The van der Waals surface area contributed by atoms with Crippen LogP contribution >= 0.6 is 0 Å². The van der Waals surface area contributed by atoms with Crippen LogP contribution in [0.1, 0.15) is 40.3 Å². The Bertz CT molecular complexity index is 965. The normalized spacial score (nSPS) is 10.6. The monoisotopic (exact) mass is 340 g/mol. The van der Waals surface area contributed by atoms with Crippen molar-refractivity contribution in [1.82, 2.24) is 0 Å². The Morgan fingerprint density at radius 2 is 1.46 bits per heavy atom. The highest BCUT2D eigenvalue weighted by molar-refractivity contribution is 5.70. The lowest BCUT2D eigenvalue weighted by Crippen LogP contribution is -1.85. The van der Waals surface area contributed by atoms with Crippen LogP contribution in [0.15, 0.2) is 66.7 Å². The fraction of sp³-hybridized carbons (Fsp3) is 0.120. The van der Waals surface area contributed by atoms with Crippen LogP contribution in [0.25, 0.3) is 12.2 Å². The highest BCUT2D eigenvalue weighted by atomic mass is 19.1. The molecule has 0 nitrogen and oxygen atoms in total. The maximum atomic E-state index is 14.3. The lowest BCUT2D eigenvalue weighted by molar-refractivity contribution is 0.625. The van der Waals surface area contributed by atoms with Gasteiger partial charge in [0, 0.05) is 16.7 Å². The van der Waals surface area contributed by atoms with E-state index in [2.05, 4.69) is 43.0 Å². The van der Waals surface area contributed by atoms with Gasteiger partial charge in [0.1, 0.15) is 5.82 Å². The quantitative estimate of drug-likeness (QED) is 0.389. The second-order valence-corrected chi connectivity index (χ2v) is 6.28. The predicted molar refractivity (Wildman–Crippen MR) is 108 cm³/mol. The van der Waals surface area contributed by atoms with Crippen LogP contribution in [-0.4, -0.2) is 0 Å². The topological polar surface area (TPSA) is 0 Å². The molecule has 0 aromatic heterocycles. The molecule has 3 rings (SSSR count). The molecule has 0 amide bonds. The van der Waals surface area contributed by atoms with Crippen molar-refractivity contribution in [1.29, 1.82) is 0 Å². The summed E-state index contributed by atoms with van der Waals surface area (Å²) in [5.74, 6) is 5.83. The van der Waals surface area contributed by atoms with Gasteiger partial charge in [0.2, 0.25) is 0 Å². The van der Waals surface area contributed by atoms with E-state index >= 15 is 0 Å². The lowest BCUT2D eigenvalue weighted by Gasteiger charge is -2.00. The molecule has 3 aromatic rings. The molecule has 0 saturated carbocycles. The first-order valence-electron chi connectivity index (χ1n) is 8.79. The minimum atomic E-state index is -0.262. The summed E-state index contributed by atoms with van der Waals surface area (Å²) in [4.78, 5) is 0. The summed E-state index contributed by atoms with van der Waals surface area (Å²) in [6.07, 6.45) is 4.74. The maximum Gasteiger partial charge on any atom is 0.131 e. The molecule has 0 bridgehead atoms. The van der Waals surface area contributed by atoms with E-state index in [1.165, 1.54) is 17.2 Å². The minimum Gasteiger partial charge on any atom is -0.206 e. The van der Waals surface area contributed by atoms with E-state index < -0.39 is 0 Å². The van der Waals surface area contributed by atoms with Gasteiger partial charge in [0.15, 0.2) is 0 Å². The van der Waals surface area contributed by atoms with Gasteiger partial charge < -0.3 is 0 Å². The zero-order chi connectivity index (χ0) is 18.4. The van der Waals surface area contributed by atoms with Crippen LogP contribution in [0.5, 0.6) is 0 Å². The van der Waals surface area contributed by atoms with Gasteiger partial charge in [0.05, 0.1) is 0 Å². The van der Waals surface area contributed by atoms with Gasteiger partial charge in [-0.3, -0.25) is 0 Å². The van der Waals surface area contributed by atoms with E-state index in [1.807, 2.05) is 43.3 Å². The maximum absolute atomic E-state index is 14.3. The van der Waals surface area contributed by atoms with E-state index in [-0.39, 0.29) is 5.82 Å².